The lowest BCUT2D eigenvalue weighted by atomic mass is 10.1. The van der Waals surface area contributed by atoms with Crippen molar-refractivity contribution in [3.63, 3.8) is 0 Å². The predicted octanol–water partition coefficient (Wildman–Crippen LogP) is 5.00. The van der Waals surface area contributed by atoms with Crippen molar-refractivity contribution in [2.75, 3.05) is 20.7 Å². The van der Waals surface area contributed by atoms with Crippen LogP contribution in [0.15, 0.2) is 24.5 Å². The van der Waals surface area contributed by atoms with Crippen molar-refractivity contribution < 1.29 is 5.11 Å². The first-order valence-electron chi connectivity index (χ1n) is 8.66. The summed E-state index contributed by atoms with van der Waals surface area (Å²) in [5.41, 5.74) is 1.34. The first kappa shape index (κ1) is 26.0. The van der Waals surface area contributed by atoms with Gasteiger partial charge in [0.05, 0.1) is 0 Å². The number of rotatable bonds is 6. The highest BCUT2D eigenvalue weighted by Gasteiger charge is 2.03. The van der Waals surface area contributed by atoms with Crippen molar-refractivity contribution in [1.29, 1.82) is 0 Å². The number of pyridine rings is 1. The molecule has 0 aliphatic carbocycles. The molecule has 132 valence electrons. The second kappa shape index (κ2) is 22.4. The molecule has 1 atom stereocenters. The molecule has 1 heterocycles. The van der Waals surface area contributed by atoms with Crippen LogP contribution in [0.4, 0.5) is 0 Å². The number of aromatic nitrogens is 1. The van der Waals surface area contributed by atoms with Crippen LogP contribution in [0.2, 0.25) is 0 Å². The maximum Gasteiger partial charge on any atom is 0.0319 e. The van der Waals surface area contributed by atoms with Crippen LogP contribution in [-0.4, -0.2) is 35.7 Å². The number of aliphatic hydroxyl groups is 1. The summed E-state index contributed by atoms with van der Waals surface area (Å²) in [6.07, 6.45) is 7.54. The summed E-state index contributed by atoms with van der Waals surface area (Å²) >= 11 is 0. The molecule has 1 N–H and O–H groups in total. The van der Waals surface area contributed by atoms with Crippen molar-refractivity contribution in [3.05, 3.63) is 30.1 Å². The van der Waals surface area contributed by atoms with Gasteiger partial charge in [0.25, 0.3) is 0 Å². The van der Waals surface area contributed by atoms with Crippen molar-refractivity contribution in [3.8, 4) is 0 Å². The van der Waals surface area contributed by atoms with E-state index in [9.17, 15) is 0 Å². The molecule has 0 spiro atoms. The summed E-state index contributed by atoms with van der Waals surface area (Å²) in [6.45, 7) is 15.0. The molecule has 1 rings (SSSR count). The summed E-state index contributed by atoms with van der Waals surface area (Å²) in [5, 5.41) is 7.00. The summed E-state index contributed by atoms with van der Waals surface area (Å²) in [7, 11) is 3.18. The van der Waals surface area contributed by atoms with Gasteiger partial charge in [-0.3, -0.25) is 4.98 Å². The van der Waals surface area contributed by atoms with Crippen molar-refractivity contribution >= 4 is 0 Å². The maximum absolute atomic E-state index is 7.00. The largest absolute Gasteiger partial charge is 0.400 e. The van der Waals surface area contributed by atoms with Crippen LogP contribution < -0.4 is 0 Å². The van der Waals surface area contributed by atoms with Gasteiger partial charge in [0, 0.05) is 26.0 Å². The Hall–Kier alpha value is -0.930. The zero-order valence-electron chi connectivity index (χ0n) is 16.3. The van der Waals surface area contributed by atoms with E-state index >= 15 is 0 Å². The fraction of sp³-hybridized carbons (Fsp3) is 0.737. The second-order valence-electron chi connectivity index (χ2n) is 5.10. The Labute approximate surface area is 139 Å². The highest BCUT2D eigenvalue weighted by atomic mass is 16.2. The average molecular weight is 313 g/mol. The van der Waals surface area contributed by atoms with Gasteiger partial charge < -0.3 is 10.0 Å². The molecule has 0 aromatic carbocycles. The van der Waals surface area contributed by atoms with E-state index in [1.165, 1.54) is 31.4 Å². The molecule has 3 heteroatoms. The van der Waals surface area contributed by atoms with Gasteiger partial charge in [-0.1, -0.05) is 54.4 Å². The molecule has 0 bridgehead atoms. The predicted molar refractivity (Wildman–Crippen MR) is 100 cm³/mol. The standard InChI is InChI=1S/C13H22N2.C3H8.C2H6.CH4O/c1-4-12(2)7-10-15(3)11-13-5-8-14-9-6-13;1-3-2;2*1-2/h5-6,8-9,12H,4,7,10-11H2,1-3H3;3H2,1-2H3;1-2H3;2H,1H3/t12-;;;/m0.../s1. The van der Waals surface area contributed by atoms with Crippen LogP contribution in [0.5, 0.6) is 0 Å². The number of hydrogen-bond acceptors (Lipinski definition) is 3. The Morgan fingerprint density at radius 1 is 1.09 bits per heavy atom. The van der Waals surface area contributed by atoms with E-state index < -0.39 is 0 Å². The van der Waals surface area contributed by atoms with E-state index in [1.54, 1.807) is 0 Å². The fourth-order valence-electron chi connectivity index (χ4n) is 1.52. The Kier molecular flexibility index (Phi) is 26.4. The van der Waals surface area contributed by atoms with Crippen molar-refractivity contribution in [2.24, 2.45) is 5.92 Å². The van der Waals surface area contributed by atoms with E-state index in [-0.39, 0.29) is 0 Å². The van der Waals surface area contributed by atoms with E-state index in [0.717, 1.165) is 19.6 Å². The van der Waals surface area contributed by atoms with Gasteiger partial charge in [0.15, 0.2) is 0 Å². The smallest absolute Gasteiger partial charge is 0.0319 e. The van der Waals surface area contributed by atoms with Crippen LogP contribution in [0.25, 0.3) is 0 Å². The van der Waals surface area contributed by atoms with Gasteiger partial charge in [0.2, 0.25) is 0 Å². The zero-order chi connectivity index (χ0) is 17.8. The molecule has 0 saturated heterocycles. The minimum atomic E-state index is 0.838. The molecule has 0 amide bonds. The van der Waals surface area contributed by atoms with Gasteiger partial charge in [-0.15, -0.1) is 0 Å². The molecule has 3 nitrogen and oxygen atoms in total. The van der Waals surface area contributed by atoms with Crippen LogP contribution in [0, 0.1) is 5.92 Å². The Morgan fingerprint density at radius 2 is 1.55 bits per heavy atom. The number of hydrogen-bond donors (Lipinski definition) is 1. The summed E-state index contributed by atoms with van der Waals surface area (Å²) in [6, 6.07) is 4.17. The lowest BCUT2D eigenvalue weighted by molar-refractivity contribution is 0.296. The van der Waals surface area contributed by atoms with Crippen LogP contribution in [0.3, 0.4) is 0 Å². The van der Waals surface area contributed by atoms with E-state index in [0.29, 0.717) is 0 Å². The summed E-state index contributed by atoms with van der Waals surface area (Å²) < 4.78 is 0. The van der Waals surface area contributed by atoms with Gasteiger partial charge >= 0.3 is 0 Å². The lowest BCUT2D eigenvalue weighted by Gasteiger charge is -2.18. The molecule has 0 radical (unpaired) electrons. The third kappa shape index (κ3) is 19.1. The topological polar surface area (TPSA) is 36.4 Å². The van der Waals surface area contributed by atoms with E-state index in [2.05, 4.69) is 56.8 Å². The monoisotopic (exact) mass is 312 g/mol. The lowest BCUT2D eigenvalue weighted by Crippen LogP contribution is -2.20. The van der Waals surface area contributed by atoms with E-state index in [4.69, 9.17) is 5.11 Å². The van der Waals surface area contributed by atoms with Crippen LogP contribution in [0.1, 0.15) is 66.4 Å². The maximum atomic E-state index is 7.00. The normalized spacial score (nSPS) is 10.3. The molecule has 0 saturated carbocycles. The average Bonchev–Trinajstić information content (AvgIpc) is 2.58. The molecule has 22 heavy (non-hydrogen) atoms. The summed E-state index contributed by atoms with van der Waals surface area (Å²) in [4.78, 5) is 6.40. The molecule has 0 fully saturated rings. The molecule has 1 aromatic heterocycles. The van der Waals surface area contributed by atoms with Crippen molar-refractivity contribution in [1.82, 2.24) is 9.88 Å². The van der Waals surface area contributed by atoms with E-state index in [1.807, 2.05) is 26.2 Å². The minimum Gasteiger partial charge on any atom is -0.400 e. The van der Waals surface area contributed by atoms with Crippen LogP contribution >= 0.6 is 0 Å². The first-order chi connectivity index (χ1) is 10.6. The van der Waals surface area contributed by atoms with Gasteiger partial charge in [-0.25, -0.2) is 0 Å². The Morgan fingerprint density at radius 3 is 1.95 bits per heavy atom. The summed E-state index contributed by atoms with van der Waals surface area (Å²) in [5.74, 6) is 0.838. The van der Waals surface area contributed by atoms with Crippen molar-refractivity contribution in [2.45, 2.75) is 67.3 Å². The number of aliphatic hydroxyl groups excluding tert-OH is 1. The highest BCUT2D eigenvalue weighted by molar-refractivity contribution is 5.09. The van der Waals surface area contributed by atoms with Gasteiger partial charge in [-0.05, 0) is 43.6 Å². The SMILES string of the molecule is CC.CCC.CC[C@H](C)CCN(C)Cc1ccncc1.CO. The quantitative estimate of drug-likeness (QED) is 0.803. The molecule has 1 aromatic rings. The Bertz CT molecular complexity index is 278. The molecule has 0 aliphatic heterocycles. The first-order valence-corrected chi connectivity index (χ1v) is 8.66. The molecule has 0 unspecified atom stereocenters. The molecular formula is C19H40N2O. The minimum absolute atomic E-state index is 0.838. The number of nitrogens with zero attached hydrogens (tertiary/aromatic N) is 2. The Balaban J connectivity index is -0.000000446. The van der Waals surface area contributed by atoms with Gasteiger partial charge in [0.1, 0.15) is 0 Å². The van der Waals surface area contributed by atoms with Crippen LogP contribution in [-0.2, 0) is 6.54 Å². The highest BCUT2D eigenvalue weighted by Crippen LogP contribution is 2.08. The fourth-order valence-corrected chi connectivity index (χ4v) is 1.52. The molecular weight excluding hydrogens is 272 g/mol. The zero-order valence-corrected chi connectivity index (χ0v) is 16.3. The third-order valence-corrected chi connectivity index (χ3v) is 2.90. The van der Waals surface area contributed by atoms with Gasteiger partial charge in [-0.2, -0.15) is 0 Å². The molecule has 0 aliphatic rings. The third-order valence-electron chi connectivity index (χ3n) is 2.90. The second-order valence-corrected chi connectivity index (χ2v) is 5.10.